The van der Waals surface area contributed by atoms with Crippen LogP contribution in [0.15, 0.2) is 29.6 Å². The van der Waals surface area contributed by atoms with E-state index in [4.69, 9.17) is 4.74 Å². The number of nitrogens with zero attached hydrogens (tertiary/aromatic N) is 2. The number of carbonyl (C=O) groups excluding carboxylic acids is 1. The number of hydrogen-bond donors (Lipinski definition) is 0. The lowest BCUT2D eigenvalue weighted by molar-refractivity contribution is -0.136. The zero-order valence-corrected chi connectivity index (χ0v) is 16.3. The predicted molar refractivity (Wildman–Crippen MR) is 107 cm³/mol. The van der Waals surface area contributed by atoms with Crippen LogP contribution in [0.3, 0.4) is 0 Å². The molecular weight excluding hydrogens is 344 g/mol. The van der Waals surface area contributed by atoms with Gasteiger partial charge in [-0.15, -0.1) is 11.3 Å². The summed E-state index contributed by atoms with van der Waals surface area (Å²) < 4.78 is 7.10. The van der Waals surface area contributed by atoms with E-state index in [1.165, 1.54) is 49.9 Å². The third-order valence-corrected chi connectivity index (χ3v) is 6.93. The Balaban J connectivity index is 1.40. The average Bonchev–Trinajstić information content (AvgIpc) is 3.35. The summed E-state index contributed by atoms with van der Waals surface area (Å²) in [6.45, 7) is 2.52. The van der Waals surface area contributed by atoms with Crippen LogP contribution in [0.2, 0.25) is 0 Å². The Bertz CT molecular complexity index is 753. The predicted octanol–water partition coefficient (Wildman–Crippen LogP) is 4.15. The van der Waals surface area contributed by atoms with Gasteiger partial charge in [0.15, 0.2) is 6.61 Å². The third kappa shape index (κ3) is 3.60. The minimum absolute atomic E-state index is 0.0939. The van der Waals surface area contributed by atoms with Crippen LogP contribution in [0.25, 0.3) is 10.1 Å². The van der Waals surface area contributed by atoms with Gasteiger partial charge < -0.3 is 9.64 Å². The molecule has 0 radical (unpaired) electrons. The highest BCUT2D eigenvalue weighted by Gasteiger charge is 2.35. The summed E-state index contributed by atoms with van der Waals surface area (Å²) >= 11 is 1.66. The minimum Gasteiger partial charge on any atom is -0.482 e. The van der Waals surface area contributed by atoms with Crippen molar-refractivity contribution in [2.24, 2.45) is 0 Å². The molecule has 1 aromatic heterocycles. The van der Waals surface area contributed by atoms with E-state index in [0.717, 1.165) is 17.6 Å². The van der Waals surface area contributed by atoms with Crippen LogP contribution in [0, 0.1) is 0 Å². The zero-order chi connectivity index (χ0) is 17.9. The van der Waals surface area contributed by atoms with E-state index >= 15 is 0 Å². The van der Waals surface area contributed by atoms with Crippen LogP contribution in [0.1, 0.15) is 38.5 Å². The number of thiophene rings is 1. The van der Waals surface area contributed by atoms with Crippen molar-refractivity contribution >= 4 is 27.3 Å². The zero-order valence-electron chi connectivity index (χ0n) is 15.5. The van der Waals surface area contributed by atoms with E-state index in [1.54, 1.807) is 11.3 Å². The molecule has 2 aromatic rings. The maximum absolute atomic E-state index is 12.8. The molecule has 1 amide bonds. The number of likely N-dealkylation sites (N-methyl/N-ethyl adjacent to an activating group) is 1. The van der Waals surface area contributed by atoms with Gasteiger partial charge in [-0.25, -0.2) is 0 Å². The molecule has 0 spiro atoms. The molecule has 1 saturated heterocycles. The first-order valence-electron chi connectivity index (χ1n) is 9.83. The van der Waals surface area contributed by atoms with Gasteiger partial charge in [-0.05, 0) is 50.9 Å². The molecule has 2 aliphatic rings. The molecule has 1 aromatic carbocycles. The number of benzene rings is 1. The van der Waals surface area contributed by atoms with Crippen LogP contribution in [0.5, 0.6) is 5.75 Å². The van der Waals surface area contributed by atoms with Crippen molar-refractivity contribution in [3.05, 3.63) is 29.6 Å². The van der Waals surface area contributed by atoms with E-state index in [0.29, 0.717) is 12.1 Å². The Labute approximate surface area is 159 Å². The smallest absolute Gasteiger partial charge is 0.260 e. The van der Waals surface area contributed by atoms with Crippen LogP contribution in [-0.2, 0) is 4.79 Å². The SMILES string of the molecule is CN(C(=O)COc1csc2ccccc12)C1CCCCC1N1CCCC1. The number of rotatable bonds is 5. The Kier molecular flexibility index (Phi) is 5.46. The first-order chi connectivity index (χ1) is 12.7. The molecule has 2 heterocycles. The molecule has 0 N–H and O–H groups in total. The van der Waals surface area contributed by atoms with Crippen LogP contribution >= 0.6 is 11.3 Å². The Morgan fingerprint density at radius 3 is 2.81 bits per heavy atom. The lowest BCUT2D eigenvalue weighted by atomic mass is 9.88. The lowest BCUT2D eigenvalue weighted by Gasteiger charge is -2.42. The van der Waals surface area contributed by atoms with Gasteiger partial charge in [0.1, 0.15) is 5.75 Å². The van der Waals surface area contributed by atoms with Gasteiger partial charge in [-0.2, -0.15) is 0 Å². The number of carbonyl (C=O) groups is 1. The molecule has 26 heavy (non-hydrogen) atoms. The van der Waals surface area contributed by atoms with Crippen molar-refractivity contribution in [1.82, 2.24) is 9.80 Å². The van der Waals surface area contributed by atoms with Gasteiger partial charge in [0.2, 0.25) is 0 Å². The van der Waals surface area contributed by atoms with Gasteiger partial charge in [-0.3, -0.25) is 9.69 Å². The van der Waals surface area contributed by atoms with Crippen LogP contribution in [-0.4, -0.2) is 54.5 Å². The molecule has 2 atom stereocenters. The monoisotopic (exact) mass is 372 g/mol. The Morgan fingerprint density at radius 2 is 1.96 bits per heavy atom. The van der Waals surface area contributed by atoms with Crippen molar-refractivity contribution < 1.29 is 9.53 Å². The quantitative estimate of drug-likeness (QED) is 0.791. The second kappa shape index (κ2) is 7.97. The summed E-state index contributed by atoms with van der Waals surface area (Å²) in [4.78, 5) is 17.4. The van der Waals surface area contributed by atoms with Crippen LogP contribution in [0.4, 0.5) is 0 Å². The number of hydrogen-bond acceptors (Lipinski definition) is 4. The van der Waals surface area contributed by atoms with E-state index in [9.17, 15) is 4.79 Å². The van der Waals surface area contributed by atoms with Gasteiger partial charge in [-0.1, -0.05) is 25.0 Å². The molecule has 2 unspecified atom stereocenters. The molecule has 2 fully saturated rings. The standard InChI is InChI=1S/C21H28N2O2S/c1-22(17-9-3-4-10-18(17)23-12-6-7-13-23)21(24)14-25-19-15-26-20-11-5-2-8-16(19)20/h2,5,8,11,15,17-18H,3-4,6-7,9-10,12-14H2,1H3. The molecular formula is C21H28N2O2S. The summed E-state index contributed by atoms with van der Waals surface area (Å²) in [5, 5.41) is 3.10. The maximum atomic E-state index is 12.8. The molecule has 0 bridgehead atoms. The minimum atomic E-state index is 0.0939. The number of ether oxygens (including phenoxy) is 1. The van der Waals surface area contributed by atoms with Crippen molar-refractivity contribution in [3.63, 3.8) is 0 Å². The fraction of sp³-hybridized carbons (Fsp3) is 0.571. The van der Waals surface area contributed by atoms with E-state index in [-0.39, 0.29) is 12.5 Å². The molecule has 5 heteroatoms. The van der Waals surface area contributed by atoms with E-state index in [2.05, 4.69) is 17.0 Å². The number of likely N-dealkylation sites (tertiary alicyclic amines) is 1. The summed E-state index contributed by atoms with van der Waals surface area (Å²) in [7, 11) is 1.97. The summed E-state index contributed by atoms with van der Waals surface area (Å²) in [6.07, 6.45) is 7.45. The fourth-order valence-corrected chi connectivity index (χ4v) is 5.42. The number of amides is 1. The molecule has 4 nitrogen and oxygen atoms in total. The lowest BCUT2D eigenvalue weighted by Crippen LogP contribution is -2.53. The maximum Gasteiger partial charge on any atom is 0.260 e. The van der Waals surface area contributed by atoms with Crippen molar-refractivity contribution in [1.29, 1.82) is 0 Å². The fourth-order valence-electron chi connectivity index (χ4n) is 4.53. The van der Waals surface area contributed by atoms with E-state index < -0.39 is 0 Å². The largest absolute Gasteiger partial charge is 0.482 e. The second-order valence-electron chi connectivity index (χ2n) is 7.55. The van der Waals surface area contributed by atoms with E-state index in [1.807, 2.05) is 29.5 Å². The summed E-state index contributed by atoms with van der Waals surface area (Å²) in [5.74, 6) is 0.920. The van der Waals surface area contributed by atoms with Gasteiger partial charge >= 0.3 is 0 Å². The number of fused-ring (bicyclic) bond motifs is 1. The first-order valence-corrected chi connectivity index (χ1v) is 10.7. The first kappa shape index (κ1) is 17.8. The topological polar surface area (TPSA) is 32.8 Å². The van der Waals surface area contributed by atoms with Gasteiger partial charge in [0.25, 0.3) is 5.91 Å². The molecule has 1 saturated carbocycles. The van der Waals surface area contributed by atoms with Crippen molar-refractivity contribution in [2.45, 2.75) is 50.6 Å². The highest BCUT2D eigenvalue weighted by molar-refractivity contribution is 7.17. The summed E-state index contributed by atoms with van der Waals surface area (Å²) in [5.41, 5.74) is 0. The van der Waals surface area contributed by atoms with Crippen molar-refractivity contribution in [3.8, 4) is 5.75 Å². The van der Waals surface area contributed by atoms with Gasteiger partial charge in [0, 0.05) is 34.6 Å². The molecule has 4 rings (SSSR count). The van der Waals surface area contributed by atoms with Gasteiger partial charge in [0.05, 0.1) is 0 Å². The van der Waals surface area contributed by atoms with Crippen LogP contribution < -0.4 is 4.74 Å². The molecule has 1 aliphatic carbocycles. The van der Waals surface area contributed by atoms with Crippen molar-refractivity contribution in [2.75, 3.05) is 26.7 Å². The third-order valence-electron chi connectivity index (χ3n) is 5.99. The molecule has 140 valence electrons. The molecule has 1 aliphatic heterocycles. The highest BCUT2D eigenvalue weighted by atomic mass is 32.1. The highest BCUT2D eigenvalue weighted by Crippen LogP contribution is 2.32. The normalized spacial score (nSPS) is 24.0. The summed E-state index contributed by atoms with van der Waals surface area (Å²) in [6, 6.07) is 9.05. The Morgan fingerprint density at radius 1 is 1.19 bits per heavy atom. The average molecular weight is 373 g/mol. The Hall–Kier alpha value is -1.59. The second-order valence-corrected chi connectivity index (χ2v) is 8.46.